The first kappa shape index (κ1) is 8.20. The van der Waals surface area contributed by atoms with Crippen molar-refractivity contribution in [3.63, 3.8) is 0 Å². The molecule has 1 saturated heterocycles. The summed E-state index contributed by atoms with van der Waals surface area (Å²) < 4.78 is 6.23. The fourth-order valence-electron chi connectivity index (χ4n) is 1.19. The van der Waals surface area contributed by atoms with E-state index in [4.69, 9.17) is 4.74 Å². The molecule has 1 aliphatic carbocycles. The van der Waals surface area contributed by atoms with Gasteiger partial charge in [0.05, 0.1) is 18.5 Å². The first-order valence-electron chi connectivity index (χ1n) is 4.49. The first-order chi connectivity index (χ1) is 6.42. The standard InChI is InChI=1S/C8H10N2OS2/c1-2-5(1)7-9-10-8(13-7)12-6-3-11-4-6/h5-6H,1-4H2. The fraction of sp³-hybridized carbons (Fsp3) is 0.750. The zero-order chi connectivity index (χ0) is 8.67. The maximum Gasteiger partial charge on any atom is 0.174 e. The van der Waals surface area contributed by atoms with E-state index < -0.39 is 0 Å². The molecule has 1 aliphatic heterocycles. The third kappa shape index (κ3) is 1.73. The van der Waals surface area contributed by atoms with Gasteiger partial charge in [-0.2, -0.15) is 0 Å². The van der Waals surface area contributed by atoms with Crippen molar-refractivity contribution in [2.45, 2.75) is 28.3 Å². The molecule has 0 aromatic carbocycles. The Labute approximate surface area is 84.9 Å². The van der Waals surface area contributed by atoms with Gasteiger partial charge in [-0.3, -0.25) is 0 Å². The summed E-state index contributed by atoms with van der Waals surface area (Å²) in [4.78, 5) is 0. The van der Waals surface area contributed by atoms with Gasteiger partial charge in [-0.15, -0.1) is 10.2 Å². The molecule has 1 aromatic heterocycles. The van der Waals surface area contributed by atoms with Crippen LogP contribution in [0, 0.1) is 0 Å². The van der Waals surface area contributed by atoms with Crippen LogP contribution in [0.2, 0.25) is 0 Å². The summed E-state index contributed by atoms with van der Waals surface area (Å²) in [5, 5.41) is 10.2. The number of nitrogens with zero attached hydrogens (tertiary/aromatic N) is 2. The number of hydrogen-bond acceptors (Lipinski definition) is 5. The van der Waals surface area contributed by atoms with E-state index in [1.807, 2.05) is 11.8 Å². The Morgan fingerprint density at radius 2 is 2.15 bits per heavy atom. The molecule has 2 heterocycles. The van der Waals surface area contributed by atoms with Crippen LogP contribution >= 0.6 is 23.1 Å². The lowest BCUT2D eigenvalue weighted by Gasteiger charge is -2.23. The molecule has 3 rings (SSSR count). The lowest BCUT2D eigenvalue weighted by Crippen LogP contribution is -2.29. The smallest absolute Gasteiger partial charge is 0.174 e. The van der Waals surface area contributed by atoms with Crippen molar-refractivity contribution in [3.05, 3.63) is 5.01 Å². The maximum atomic E-state index is 5.11. The molecule has 0 amide bonds. The van der Waals surface area contributed by atoms with Gasteiger partial charge >= 0.3 is 0 Å². The van der Waals surface area contributed by atoms with Gasteiger partial charge in [0.25, 0.3) is 0 Å². The summed E-state index contributed by atoms with van der Waals surface area (Å²) in [6, 6.07) is 0. The van der Waals surface area contributed by atoms with Crippen molar-refractivity contribution >= 4 is 23.1 Å². The van der Waals surface area contributed by atoms with E-state index >= 15 is 0 Å². The second-order valence-corrected chi connectivity index (χ2v) is 6.01. The predicted octanol–water partition coefficient (Wildman–Crippen LogP) is 1.91. The monoisotopic (exact) mass is 214 g/mol. The van der Waals surface area contributed by atoms with Crippen LogP contribution in [-0.2, 0) is 4.74 Å². The van der Waals surface area contributed by atoms with Gasteiger partial charge in [-0.1, -0.05) is 23.1 Å². The van der Waals surface area contributed by atoms with Gasteiger partial charge < -0.3 is 4.74 Å². The molecule has 0 atom stereocenters. The lowest BCUT2D eigenvalue weighted by atomic mass is 10.4. The van der Waals surface area contributed by atoms with E-state index in [-0.39, 0.29) is 0 Å². The molecule has 3 nitrogen and oxygen atoms in total. The summed E-state index contributed by atoms with van der Waals surface area (Å²) >= 11 is 3.58. The van der Waals surface area contributed by atoms with Gasteiger partial charge in [0.1, 0.15) is 5.01 Å². The van der Waals surface area contributed by atoms with E-state index in [9.17, 15) is 0 Å². The van der Waals surface area contributed by atoms with E-state index in [2.05, 4.69) is 10.2 Å². The third-order valence-electron chi connectivity index (χ3n) is 2.22. The molecule has 13 heavy (non-hydrogen) atoms. The molecule has 70 valence electrons. The van der Waals surface area contributed by atoms with Gasteiger partial charge in [-0.05, 0) is 12.8 Å². The van der Waals surface area contributed by atoms with Crippen molar-refractivity contribution in [3.8, 4) is 0 Å². The van der Waals surface area contributed by atoms with Crippen LogP contribution in [0.4, 0.5) is 0 Å². The first-order valence-corrected chi connectivity index (χ1v) is 6.19. The Kier molecular flexibility index (Phi) is 2.03. The van der Waals surface area contributed by atoms with Crippen molar-refractivity contribution in [1.29, 1.82) is 0 Å². The fourth-order valence-corrected chi connectivity index (χ4v) is 3.49. The van der Waals surface area contributed by atoms with E-state index in [1.165, 1.54) is 17.8 Å². The minimum atomic E-state index is 0.625. The molecule has 2 fully saturated rings. The highest BCUT2D eigenvalue weighted by Gasteiger charge is 2.28. The number of thioether (sulfide) groups is 1. The van der Waals surface area contributed by atoms with E-state index in [1.54, 1.807) is 11.3 Å². The average Bonchev–Trinajstić information content (AvgIpc) is 2.80. The zero-order valence-electron chi connectivity index (χ0n) is 7.10. The molecule has 0 unspecified atom stereocenters. The molecule has 0 spiro atoms. The SMILES string of the molecule is C1OCC1Sc1nnc(C2CC2)s1. The summed E-state index contributed by atoms with van der Waals surface area (Å²) in [5.41, 5.74) is 0. The summed E-state index contributed by atoms with van der Waals surface area (Å²) in [7, 11) is 0. The normalized spacial score (nSPS) is 23.1. The second kappa shape index (κ2) is 3.22. The Morgan fingerprint density at radius 1 is 1.31 bits per heavy atom. The minimum Gasteiger partial charge on any atom is -0.379 e. The molecule has 1 aromatic rings. The lowest BCUT2D eigenvalue weighted by molar-refractivity contribution is 0.0455. The van der Waals surface area contributed by atoms with Crippen molar-refractivity contribution in [2.75, 3.05) is 13.2 Å². The van der Waals surface area contributed by atoms with Crippen LogP contribution < -0.4 is 0 Å². The van der Waals surface area contributed by atoms with Crippen LogP contribution in [0.5, 0.6) is 0 Å². The van der Waals surface area contributed by atoms with Crippen molar-refractivity contribution < 1.29 is 4.74 Å². The van der Waals surface area contributed by atoms with Gasteiger partial charge in [0, 0.05) is 5.92 Å². The Morgan fingerprint density at radius 3 is 2.77 bits per heavy atom. The minimum absolute atomic E-state index is 0.625. The van der Waals surface area contributed by atoms with Crippen LogP contribution in [0.3, 0.4) is 0 Å². The molecular weight excluding hydrogens is 204 g/mol. The van der Waals surface area contributed by atoms with Crippen molar-refractivity contribution in [2.24, 2.45) is 0 Å². The molecule has 0 bridgehead atoms. The molecular formula is C8H10N2OS2. The molecule has 0 N–H and O–H groups in total. The molecule has 5 heteroatoms. The van der Waals surface area contributed by atoms with Gasteiger partial charge in [0.2, 0.25) is 0 Å². The van der Waals surface area contributed by atoms with Crippen LogP contribution in [0.25, 0.3) is 0 Å². The Hall–Kier alpha value is -0.130. The number of aromatic nitrogens is 2. The third-order valence-corrected chi connectivity index (χ3v) is 4.53. The number of ether oxygens (including phenoxy) is 1. The van der Waals surface area contributed by atoms with E-state index in [0.717, 1.165) is 23.5 Å². The van der Waals surface area contributed by atoms with Gasteiger partial charge in [0.15, 0.2) is 4.34 Å². The molecule has 1 saturated carbocycles. The Bertz CT molecular complexity index is 307. The Balaban J connectivity index is 1.66. The number of hydrogen-bond donors (Lipinski definition) is 0. The van der Waals surface area contributed by atoms with Crippen LogP contribution in [0.15, 0.2) is 4.34 Å². The quantitative estimate of drug-likeness (QED) is 0.770. The second-order valence-electron chi connectivity index (χ2n) is 3.46. The van der Waals surface area contributed by atoms with E-state index in [0.29, 0.717) is 5.25 Å². The van der Waals surface area contributed by atoms with Crippen LogP contribution in [-0.4, -0.2) is 28.7 Å². The molecule has 0 radical (unpaired) electrons. The highest BCUT2D eigenvalue weighted by Crippen LogP contribution is 2.43. The summed E-state index contributed by atoms with van der Waals surface area (Å²) in [6.45, 7) is 1.76. The molecule has 2 aliphatic rings. The maximum absolute atomic E-state index is 5.11. The highest BCUT2D eigenvalue weighted by atomic mass is 32.2. The predicted molar refractivity (Wildman–Crippen MR) is 52.3 cm³/mol. The highest BCUT2D eigenvalue weighted by molar-refractivity contribution is 8.01. The van der Waals surface area contributed by atoms with Crippen molar-refractivity contribution in [1.82, 2.24) is 10.2 Å². The number of rotatable bonds is 3. The topological polar surface area (TPSA) is 35.0 Å². The van der Waals surface area contributed by atoms with Crippen LogP contribution in [0.1, 0.15) is 23.8 Å². The zero-order valence-corrected chi connectivity index (χ0v) is 8.74. The average molecular weight is 214 g/mol. The van der Waals surface area contributed by atoms with Gasteiger partial charge in [-0.25, -0.2) is 0 Å². The summed E-state index contributed by atoms with van der Waals surface area (Å²) in [6.07, 6.45) is 2.62. The largest absolute Gasteiger partial charge is 0.379 e. The summed E-state index contributed by atoms with van der Waals surface area (Å²) in [5.74, 6) is 0.740.